The zero-order chi connectivity index (χ0) is 15.1. The molecule has 0 radical (unpaired) electrons. The molecule has 1 aromatic rings. The van der Waals surface area contributed by atoms with Gasteiger partial charge in [-0.3, -0.25) is 9.69 Å². The summed E-state index contributed by atoms with van der Waals surface area (Å²) >= 11 is 0. The summed E-state index contributed by atoms with van der Waals surface area (Å²) in [4.78, 5) is 14.1. The first-order chi connectivity index (χ1) is 9.55. The number of amides is 1. The van der Waals surface area contributed by atoms with E-state index in [0.29, 0.717) is 18.0 Å². The third-order valence-corrected chi connectivity index (χ3v) is 3.27. The maximum atomic E-state index is 12.0. The third kappa shape index (κ3) is 5.44. The molecule has 120 valence electrons. The molecule has 1 amide bonds. The van der Waals surface area contributed by atoms with E-state index in [2.05, 4.69) is 10.2 Å². The van der Waals surface area contributed by atoms with E-state index in [0.717, 1.165) is 24.3 Å². The van der Waals surface area contributed by atoms with Crippen molar-refractivity contribution in [3.05, 3.63) is 17.7 Å². The molecule has 0 aromatic heterocycles. The molecule has 0 fully saturated rings. The topological polar surface area (TPSA) is 50.8 Å². The summed E-state index contributed by atoms with van der Waals surface area (Å²) in [5.74, 6) is 1.24. The Hall–Kier alpha value is -1.46. The first-order valence-corrected chi connectivity index (χ1v) is 6.80. The average Bonchev–Trinajstić information content (AvgIpc) is 2.46. The number of anilines is 1. The Balaban J connectivity index is 0.00000400. The van der Waals surface area contributed by atoms with Gasteiger partial charge < -0.3 is 14.8 Å². The van der Waals surface area contributed by atoms with Gasteiger partial charge in [-0.15, -0.1) is 12.4 Å². The number of nitrogens with one attached hydrogen (secondary N) is 1. The Morgan fingerprint density at radius 3 is 2.14 bits per heavy atom. The van der Waals surface area contributed by atoms with Crippen molar-refractivity contribution in [2.24, 2.45) is 0 Å². The molecule has 5 nitrogen and oxygen atoms in total. The van der Waals surface area contributed by atoms with Gasteiger partial charge in [-0.25, -0.2) is 0 Å². The number of hydrogen-bond acceptors (Lipinski definition) is 4. The Kier molecular flexibility index (Phi) is 8.81. The summed E-state index contributed by atoms with van der Waals surface area (Å²) in [6.07, 6.45) is 0. The van der Waals surface area contributed by atoms with Crippen molar-refractivity contribution in [3.63, 3.8) is 0 Å². The molecule has 0 saturated heterocycles. The average molecular weight is 317 g/mol. The number of nitrogens with zero attached hydrogens (tertiary/aromatic N) is 1. The fraction of sp³-hybridized carbons (Fsp3) is 0.533. The largest absolute Gasteiger partial charge is 0.493 e. The van der Waals surface area contributed by atoms with Crippen LogP contribution in [0.3, 0.4) is 0 Å². The molecule has 1 rings (SSSR count). The predicted octanol–water partition coefficient (Wildman–Crippen LogP) is 2.71. The molecular formula is C15H25ClN2O3. The van der Waals surface area contributed by atoms with Crippen LogP contribution in [0.15, 0.2) is 12.1 Å². The van der Waals surface area contributed by atoms with Gasteiger partial charge in [0.25, 0.3) is 0 Å². The van der Waals surface area contributed by atoms with Crippen molar-refractivity contribution in [2.45, 2.75) is 20.8 Å². The first-order valence-electron chi connectivity index (χ1n) is 6.80. The zero-order valence-corrected chi connectivity index (χ0v) is 14.2. The summed E-state index contributed by atoms with van der Waals surface area (Å²) in [6.45, 7) is 8.11. The van der Waals surface area contributed by atoms with Gasteiger partial charge in [0, 0.05) is 11.8 Å². The monoisotopic (exact) mass is 316 g/mol. The van der Waals surface area contributed by atoms with Gasteiger partial charge in [0.1, 0.15) is 0 Å². The molecular weight excluding hydrogens is 292 g/mol. The molecule has 21 heavy (non-hydrogen) atoms. The predicted molar refractivity (Wildman–Crippen MR) is 87.9 cm³/mol. The van der Waals surface area contributed by atoms with Crippen LogP contribution in [0.4, 0.5) is 5.69 Å². The summed E-state index contributed by atoms with van der Waals surface area (Å²) in [5, 5.41) is 2.92. The number of aryl methyl sites for hydroxylation is 1. The van der Waals surface area contributed by atoms with Gasteiger partial charge in [-0.1, -0.05) is 13.8 Å². The highest BCUT2D eigenvalue weighted by Crippen LogP contribution is 2.32. The molecule has 0 saturated carbocycles. The number of likely N-dealkylation sites (N-methyl/N-ethyl adjacent to an activating group) is 1. The van der Waals surface area contributed by atoms with E-state index in [1.807, 2.05) is 26.8 Å². The van der Waals surface area contributed by atoms with Gasteiger partial charge in [0.2, 0.25) is 5.91 Å². The number of benzene rings is 1. The highest BCUT2D eigenvalue weighted by molar-refractivity contribution is 5.93. The maximum absolute atomic E-state index is 12.0. The molecule has 0 aliphatic carbocycles. The molecule has 0 heterocycles. The van der Waals surface area contributed by atoms with Crippen LogP contribution in [0, 0.1) is 6.92 Å². The highest BCUT2D eigenvalue weighted by atomic mass is 35.5. The molecule has 0 aliphatic rings. The van der Waals surface area contributed by atoms with Crippen LogP contribution in [0.2, 0.25) is 0 Å². The molecule has 1 N–H and O–H groups in total. The molecule has 1 aromatic carbocycles. The van der Waals surface area contributed by atoms with E-state index in [1.165, 1.54) is 0 Å². The van der Waals surface area contributed by atoms with Crippen LogP contribution in [-0.4, -0.2) is 44.7 Å². The molecule has 0 spiro atoms. The van der Waals surface area contributed by atoms with E-state index in [4.69, 9.17) is 9.47 Å². The minimum atomic E-state index is -0.0241. The highest BCUT2D eigenvalue weighted by Gasteiger charge is 2.12. The minimum absolute atomic E-state index is 0. The lowest BCUT2D eigenvalue weighted by Gasteiger charge is -2.18. The normalized spacial score (nSPS) is 10.0. The van der Waals surface area contributed by atoms with Crippen LogP contribution < -0.4 is 14.8 Å². The Morgan fingerprint density at radius 1 is 1.14 bits per heavy atom. The van der Waals surface area contributed by atoms with E-state index in [1.54, 1.807) is 20.3 Å². The summed E-state index contributed by atoms with van der Waals surface area (Å²) < 4.78 is 10.5. The molecule has 0 bridgehead atoms. The van der Waals surface area contributed by atoms with Crippen LogP contribution in [-0.2, 0) is 4.79 Å². The van der Waals surface area contributed by atoms with Crippen molar-refractivity contribution in [1.29, 1.82) is 0 Å². The van der Waals surface area contributed by atoms with E-state index < -0.39 is 0 Å². The van der Waals surface area contributed by atoms with E-state index >= 15 is 0 Å². The Morgan fingerprint density at radius 2 is 1.67 bits per heavy atom. The minimum Gasteiger partial charge on any atom is -0.493 e. The Bertz CT molecular complexity index is 462. The molecule has 0 unspecified atom stereocenters. The molecule has 0 aliphatic heterocycles. The van der Waals surface area contributed by atoms with Crippen molar-refractivity contribution in [2.75, 3.05) is 39.2 Å². The van der Waals surface area contributed by atoms with Crippen molar-refractivity contribution >= 4 is 24.0 Å². The van der Waals surface area contributed by atoms with Gasteiger partial charge in [0.05, 0.1) is 20.8 Å². The lowest BCUT2D eigenvalue weighted by atomic mass is 10.1. The van der Waals surface area contributed by atoms with E-state index in [9.17, 15) is 4.79 Å². The number of halogens is 1. The third-order valence-electron chi connectivity index (χ3n) is 3.27. The number of ether oxygens (including phenoxy) is 2. The Labute approximate surface area is 133 Å². The second-order valence-corrected chi connectivity index (χ2v) is 4.53. The van der Waals surface area contributed by atoms with Gasteiger partial charge in [-0.2, -0.15) is 0 Å². The van der Waals surface area contributed by atoms with Gasteiger partial charge >= 0.3 is 0 Å². The number of carbonyl (C=O) groups is 1. The van der Waals surface area contributed by atoms with Gasteiger partial charge in [0.15, 0.2) is 11.5 Å². The van der Waals surface area contributed by atoms with Gasteiger partial charge in [-0.05, 0) is 31.6 Å². The molecule has 0 atom stereocenters. The van der Waals surface area contributed by atoms with Crippen molar-refractivity contribution in [1.82, 2.24) is 4.90 Å². The van der Waals surface area contributed by atoms with Crippen molar-refractivity contribution < 1.29 is 14.3 Å². The SMILES string of the molecule is CCN(CC)CC(=O)Nc1cc(OC)c(OC)cc1C.Cl. The number of methoxy groups -OCH3 is 2. The number of hydrogen-bond donors (Lipinski definition) is 1. The molecule has 6 heteroatoms. The summed E-state index contributed by atoms with van der Waals surface area (Å²) in [7, 11) is 3.17. The zero-order valence-electron chi connectivity index (χ0n) is 13.4. The fourth-order valence-electron chi connectivity index (χ4n) is 1.96. The fourth-order valence-corrected chi connectivity index (χ4v) is 1.96. The second-order valence-electron chi connectivity index (χ2n) is 4.53. The first kappa shape index (κ1) is 19.5. The van der Waals surface area contributed by atoms with Crippen LogP contribution in [0.5, 0.6) is 11.5 Å². The lowest BCUT2D eigenvalue weighted by Crippen LogP contribution is -2.33. The van der Waals surface area contributed by atoms with Crippen LogP contribution >= 0.6 is 12.4 Å². The van der Waals surface area contributed by atoms with Crippen LogP contribution in [0.25, 0.3) is 0 Å². The maximum Gasteiger partial charge on any atom is 0.238 e. The lowest BCUT2D eigenvalue weighted by molar-refractivity contribution is -0.117. The quantitative estimate of drug-likeness (QED) is 0.840. The van der Waals surface area contributed by atoms with Crippen LogP contribution in [0.1, 0.15) is 19.4 Å². The summed E-state index contributed by atoms with van der Waals surface area (Å²) in [5.41, 5.74) is 1.69. The van der Waals surface area contributed by atoms with Crippen molar-refractivity contribution in [3.8, 4) is 11.5 Å². The second kappa shape index (κ2) is 9.47. The number of carbonyl (C=O) groups excluding carboxylic acids is 1. The number of rotatable bonds is 7. The standard InChI is InChI=1S/C15H24N2O3.ClH/c1-6-17(7-2)10-15(18)16-12-9-14(20-5)13(19-4)8-11(12)3;/h8-9H,6-7,10H2,1-5H3,(H,16,18);1H. The van der Waals surface area contributed by atoms with E-state index in [-0.39, 0.29) is 18.3 Å². The smallest absolute Gasteiger partial charge is 0.238 e. The summed E-state index contributed by atoms with van der Waals surface area (Å²) in [6, 6.07) is 3.64.